The van der Waals surface area contributed by atoms with E-state index in [4.69, 9.17) is 4.74 Å². The SMILES string of the molecule is Cc1cnc(C(=O)O[C@@H](C)C(=O)Nc2ccccc2F)cn1. The van der Waals surface area contributed by atoms with Gasteiger partial charge in [-0.05, 0) is 26.0 Å². The van der Waals surface area contributed by atoms with Crippen LogP contribution in [-0.2, 0) is 9.53 Å². The van der Waals surface area contributed by atoms with Crippen molar-refractivity contribution in [2.75, 3.05) is 5.32 Å². The summed E-state index contributed by atoms with van der Waals surface area (Å²) in [6.07, 6.45) is 1.58. The zero-order chi connectivity index (χ0) is 16.1. The van der Waals surface area contributed by atoms with Gasteiger partial charge in [0.2, 0.25) is 0 Å². The average molecular weight is 303 g/mol. The molecule has 1 aromatic carbocycles. The summed E-state index contributed by atoms with van der Waals surface area (Å²) < 4.78 is 18.4. The Hall–Kier alpha value is -2.83. The number of aryl methyl sites for hydroxylation is 1. The molecule has 0 spiro atoms. The number of benzene rings is 1. The molecule has 0 saturated carbocycles. The van der Waals surface area contributed by atoms with Crippen molar-refractivity contribution in [3.63, 3.8) is 0 Å². The molecule has 0 saturated heterocycles. The van der Waals surface area contributed by atoms with Crippen LogP contribution in [0.15, 0.2) is 36.7 Å². The number of hydrogen-bond donors (Lipinski definition) is 1. The van der Waals surface area contributed by atoms with Crippen molar-refractivity contribution in [1.82, 2.24) is 9.97 Å². The van der Waals surface area contributed by atoms with E-state index in [9.17, 15) is 14.0 Å². The van der Waals surface area contributed by atoms with Crippen molar-refractivity contribution in [2.45, 2.75) is 20.0 Å². The van der Waals surface area contributed by atoms with E-state index in [0.29, 0.717) is 5.69 Å². The van der Waals surface area contributed by atoms with Gasteiger partial charge in [0.05, 0.1) is 17.6 Å². The molecule has 0 aliphatic rings. The zero-order valence-corrected chi connectivity index (χ0v) is 12.0. The molecule has 7 heteroatoms. The van der Waals surface area contributed by atoms with E-state index in [2.05, 4.69) is 15.3 Å². The molecule has 0 unspecified atom stereocenters. The Morgan fingerprint density at radius 2 is 1.95 bits per heavy atom. The van der Waals surface area contributed by atoms with E-state index in [1.165, 1.54) is 37.5 Å². The number of nitrogens with one attached hydrogen (secondary N) is 1. The van der Waals surface area contributed by atoms with Crippen LogP contribution in [0.5, 0.6) is 0 Å². The Morgan fingerprint density at radius 1 is 1.23 bits per heavy atom. The first-order chi connectivity index (χ1) is 10.5. The van der Waals surface area contributed by atoms with Gasteiger partial charge in [-0.25, -0.2) is 14.2 Å². The highest BCUT2D eigenvalue weighted by atomic mass is 19.1. The molecule has 2 aromatic rings. The van der Waals surface area contributed by atoms with Crippen LogP contribution in [0.1, 0.15) is 23.1 Å². The van der Waals surface area contributed by atoms with Crippen molar-refractivity contribution < 1.29 is 18.7 Å². The lowest BCUT2D eigenvalue weighted by Gasteiger charge is -2.13. The van der Waals surface area contributed by atoms with Gasteiger partial charge in [0.1, 0.15) is 5.82 Å². The van der Waals surface area contributed by atoms with Gasteiger partial charge >= 0.3 is 5.97 Å². The van der Waals surface area contributed by atoms with Crippen LogP contribution < -0.4 is 5.32 Å². The largest absolute Gasteiger partial charge is 0.448 e. The third-order valence-corrected chi connectivity index (χ3v) is 2.77. The first-order valence-electron chi connectivity index (χ1n) is 6.52. The molecule has 1 heterocycles. The molecule has 1 amide bonds. The summed E-state index contributed by atoms with van der Waals surface area (Å²) in [5.74, 6) is -1.99. The number of ether oxygens (including phenoxy) is 1. The first kappa shape index (κ1) is 15.6. The number of esters is 1. The Labute approximate surface area is 126 Å². The first-order valence-corrected chi connectivity index (χ1v) is 6.52. The maximum atomic E-state index is 13.4. The highest BCUT2D eigenvalue weighted by Crippen LogP contribution is 2.13. The number of carbonyl (C=O) groups excluding carboxylic acids is 2. The van der Waals surface area contributed by atoms with Crippen LogP contribution in [0.3, 0.4) is 0 Å². The van der Waals surface area contributed by atoms with Gasteiger partial charge in [-0.3, -0.25) is 9.78 Å². The summed E-state index contributed by atoms with van der Waals surface area (Å²) in [7, 11) is 0. The van der Waals surface area contributed by atoms with Gasteiger partial charge < -0.3 is 10.1 Å². The van der Waals surface area contributed by atoms with Crippen molar-refractivity contribution in [2.24, 2.45) is 0 Å². The lowest BCUT2D eigenvalue weighted by Crippen LogP contribution is -2.30. The molecule has 114 valence electrons. The van der Waals surface area contributed by atoms with E-state index < -0.39 is 23.8 Å². The van der Waals surface area contributed by atoms with Crippen LogP contribution in [0, 0.1) is 12.7 Å². The summed E-state index contributed by atoms with van der Waals surface area (Å²) in [5.41, 5.74) is 0.670. The van der Waals surface area contributed by atoms with Gasteiger partial charge in [-0.15, -0.1) is 0 Å². The van der Waals surface area contributed by atoms with Crippen LogP contribution in [-0.4, -0.2) is 27.9 Å². The van der Waals surface area contributed by atoms with Crippen LogP contribution >= 0.6 is 0 Å². The number of rotatable bonds is 4. The van der Waals surface area contributed by atoms with E-state index in [-0.39, 0.29) is 11.4 Å². The maximum absolute atomic E-state index is 13.4. The molecular weight excluding hydrogens is 289 g/mol. The molecule has 22 heavy (non-hydrogen) atoms. The second-order valence-electron chi connectivity index (χ2n) is 4.56. The smallest absolute Gasteiger partial charge is 0.359 e. The minimum atomic E-state index is -1.10. The van der Waals surface area contributed by atoms with Crippen molar-refractivity contribution in [3.05, 3.63) is 53.9 Å². The number of hydrogen-bond acceptors (Lipinski definition) is 5. The number of aromatic nitrogens is 2. The third-order valence-electron chi connectivity index (χ3n) is 2.77. The van der Waals surface area contributed by atoms with Gasteiger partial charge in [0.15, 0.2) is 11.8 Å². The summed E-state index contributed by atoms with van der Waals surface area (Å²) in [6.45, 7) is 3.11. The number of amides is 1. The predicted molar refractivity (Wildman–Crippen MR) is 76.7 cm³/mol. The second-order valence-corrected chi connectivity index (χ2v) is 4.56. The number of anilines is 1. The Kier molecular flexibility index (Phi) is 4.77. The second kappa shape index (κ2) is 6.75. The quantitative estimate of drug-likeness (QED) is 0.875. The van der Waals surface area contributed by atoms with Gasteiger partial charge in [-0.2, -0.15) is 0 Å². The molecule has 1 atom stereocenters. The molecule has 0 bridgehead atoms. The molecule has 0 fully saturated rings. The van der Waals surface area contributed by atoms with E-state index in [1.807, 2.05) is 0 Å². The summed E-state index contributed by atoms with van der Waals surface area (Å²) in [4.78, 5) is 31.5. The van der Waals surface area contributed by atoms with Crippen molar-refractivity contribution >= 4 is 17.6 Å². The fourth-order valence-corrected chi connectivity index (χ4v) is 1.57. The van der Waals surface area contributed by atoms with Gasteiger partial charge in [0.25, 0.3) is 5.91 Å². The number of carbonyl (C=O) groups is 2. The van der Waals surface area contributed by atoms with E-state index >= 15 is 0 Å². The predicted octanol–water partition coefficient (Wildman–Crippen LogP) is 2.11. The van der Waals surface area contributed by atoms with E-state index in [0.717, 1.165) is 0 Å². The highest BCUT2D eigenvalue weighted by Gasteiger charge is 2.20. The van der Waals surface area contributed by atoms with Crippen molar-refractivity contribution in [1.29, 1.82) is 0 Å². The fraction of sp³-hybridized carbons (Fsp3) is 0.200. The third kappa shape index (κ3) is 3.85. The minimum absolute atomic E-state index is 0.00357. The lowest BCUT2D eigenvalue weighted by molar-refractivity contribution is -0.123. The Bertz CT molecular complexity index is 689. The summed E-state index contributed by atoms with van der Waals surface area (Å²) in [5, 5.41) is 2.35. The van der Waals surface area contributed by atoms with Crippen LogP contribution in [0.25, 0.3) is 0 Å². The number of nitrogens with zero attached hydrogens (tertiary/aromatic N) is 2. The lowest BCUT2D eigenvalue weighted by atomic mass is 10.3. The molecule has 6 nitrogen and oxygen atoms in total. The van der Waals surface area contributed by atoms with Crippen LogP contribution in [0.2, 0.25) is 0 Å². The monoisotopic (exact) mass is 303 g/mol. The van der Waals surface area contributed by atoms with Gasteiger partial charge in [0, 0.05) is 6.20 Å². The fourth-order valence-electron chi connectivity index (χ4n) is 1.57. The molecule has 2 rings (SSSR count). The molecular formula is C15H14FN3O3. The van der Waals surface area contributed by atoms with Crippen molar-refractivity contribution in [3.8, 4) is 0 Å². The Morgan fingerprint density at radius 3 is 2.59 bits per heavy atom. The topological polar surface area (TPSA) is 81.2 Å². The van der Waals surface area contributed by atoms with E-state index in [1.54, 1.807) is 13.0 Å². The van der Waals surface area contributed by atoms with Gasteiger partial charge in [-0.1, -0.05) is 12.1 Å². The normalized spacial score (nSPS) is 11.6. The zero-order valence-electron chi connectivity index (χ0n) is 12.0. The maximum Gasteiger partial charge on any atom is 0.359 e. The number of halogens is 1. The summed E-state index contributed by atoms with van der Waals surface area (Å²) in [6, 6.07) is 5.71. The number of para-hydroxylation sites is 1. The molecule has 1 N–H and O–H groups in total. The average Bonchev–Trinajstić information content (AvgIpc) is 2.50. The molecule has 0 aliphatic heterocycles. The molecule has 0 aliphatic carbocycles. The molecule has 0 radical (unpaired) electrons. The minimum Gasteiger partial charge on any atom is -0.448 e. The highest BCUT2D eigenvalue weighted by molar-refractivity contribution is 5.96. The molecule has 1 aromatic heterocycles. The Balaban J connectivity index is 1.98. The van der Waals surface area contributed by atoms with Crippen LogP contribution in [0.4, 0.5) is 10.1 Å². The summed E-state index contributed by atoms with van der Waals surface area (Å²) >= 11 is 0. The standard InChI is InChI=1S/C15H14FN3O3/c1-9-7-18-13(8-17-9)15(21)22-10(2)14(20)19-12-6-4-3-5-11(12)16/h3-8,10H,1-2H3,(H,19,20)/t10-/m0/s1.